The van der Waals surface area contributed by atoms with Crippen LogP contribution < -0.4 is 0 Å². The number of aromatic carboxylic acids is 1. The summed E-state index contributed by atoms with van der Waals surface area (Å²) in [4.78, 5) is 21.6. The summed E-state index contributed by atoms with van der Waals surface area (Å²) in [6, 6.07) is 1.72. The Balaban J connectivity index is 3.60. The molecule has 0 amide bonds. The van der Waals surface area contributed by atoms with Gasteiger partial charge in [0.15, 0.2) is 6.29 Å². The number of aldehydes is 1. The van der Waals surface area contributed by atoms with Gasteiger partial charge in [0.1, 0.15) is 0 Å². The van der Waals surface area contributed by atoms with Crippen LogP contribution in [0.1, 0.15) is 37.4 Å². The van der Waals surface area contributed by atoms with Gasteiger partial charge >= 0.3 is 5.97 Å². The highest BCUT2D eigenvalue weighted by Gasteiger charge is 2.15. The van der Waals surface area contributed by atoms with Crippen molar-refractivity contribution in [2.45, 2.75) is 20.8 Å². The third-order valence-corrected chi connectivity index (χ3v) is 2.36. The summed E-state index contributed by atoms with van der Waals surface area (Å²) in [5, 5.41) is 8.94. The molecule has 1 N–H and O–H groups in total. The van der Waals surface area contributed by atoms with E-state index in [-0.39, 0.29) is 5.56 Å². The Bertz CT molecular complexity index is 405. The lowest BCUT2D eigenvalue weighted by atomic mass is 9.94. The summed E-state index contributed by atoms with van der Waals surface area (Å²) >= 11 is 0. The lowest BCUT2D eigenvalue weighted by Gasteiger charge is -2.10. The van der Waals surface area contributed by atoms with Crippen molar-refractivity contribution in [2.75, 3.05) is 0 Å². The quantitative estimate of drug-likeness (QED) is 0.730. The molecule has 0 saturated carbocycles. The Morgan fingerprint density at radius 1 is 1.29 bits per heavy atom. The van der Waals surface area contributed by atoms with Crippen molar-refractivity contribution in [3.05, 3.63) is 33.9 Å². The highest BCUT2D eigenvalue weighted by molar-refractivity contribution is 5.95. The van der Waals surface area contributed by atoms with Crippen LogP contribution in [-0.4, -0.2) is 17.4 Å². The van der Waals surface area contributed by atoms with E-state index >= 15 is 0 Å². The number of hydrogen-bond donors (Lipinski definition) is 1. The Kier molecular flexibility index (Phi) is 2.70. The normalized spacial score (nSPS) is 9.93. The van der Waals surface area contributed by atoms with E-state index in [0.29, 0.717) is 23.0 Å². The predicted octanol–water partition coefficient (Wildman–Crippen LogP) is 2.12. The minimum absolute atomic E-state index is 0.234. The first-order valence-corrected chi connectivity index (χ1v) is 4.28. The van der Waals surface area contributed by atoms with Gasteiger partial charge in [-0.3, -0.25) is 4.79 Å². The van der Waals surface area contributed by atoms with Crippen LogP contribution in [0.5, 0.6) is 0 Å². The van der Waals surface area contributed by atoms with Crippen LogP contribution in [0.25, 0.3) is 0 Å². The van der Waals surface area contributed by atoms with Crippen molar-refractivity contribution in [1.82, 2.24) is 0 Å². The summed E-state index contributed by atoms with van der Waals surface area (Å²) in [5.41, 5.74) is 2.77. The van der Waals surface area contributed by atoms with Gasteiger partial charge < -0.3 is 5.11 Å². The molecule has 1 aromatic rings. The number of hydrogen-bond acceptors (Lipinski definition) is 2. The summed E-state index contributed by atoms with van der Waals surface area (Å²) in [6.07, 6.45) is 0.705. The molecule has 1 aromatic carbocycles. The van der Waals surface area contributed by atoms with E-state index in [0.717, 1.165) is 5.56 Å². The molecule has 0 aliphatic carbocycles. The number of carbonyl (C=O) groups is 2. The second-order valence-electron chi connectivity index (χ2n) is 3.35. The molecule has 0 heterocycles. The molecule has 0 bridgehead atoms. The van der Waals surface area contributed by atoms with Crippen molar-refractivity contribution >= 4 is 12.3 Å². The van der Waals surface area contributed by atoms with Gasteiger partial charge in [0.05, 0.1) is 5.56 Å². The van der Waals surface area contributed by atoms with Crippen LogP contribution >= 0.6 is 0 Å². The number of carboxylic acids is 1. The minimum Gasteiger partial charge on any atom is -0.478 e. The van der Waals surface area contributed by atoms with Crippen molar-refractivity contribution in [3.8, 4) is 0 Å². The van der Waals surface area contributed by atoms with Gasteiger partial charge in [-0.25, -0.2) is 4.79 Å². The third kappa shape index (κ3) is 1.53. The largest absolute Gasteiger partial charge is 0.478 e. The molecule has 0 radical (unpaired) electrons. The first-order chi connectivity index (χ1) is 6.49. The van der Waals surface area contributed by atoms with E-state index in [2.05, 4.69) is 0 Å². The second-order valence-corrected chi connectivity index (χ2v) is 3.35. The van der Waals surface area contributed by atoms with Gasteiger partial charge in [-0.05, 0) is 37.5 Å². The number of carbonyl (C=O) groups excluding carboxylic acids is 1. The Morgan fingerprint density at radius 2 is 1.86 bits per heavy atom. The molecular formula is C11H12O3. The standard InChI is InChI=1S/C11H12O3/c1-6-4-7(2)10(11(13)14)8(3)9(6)5-12/h4-5H,1-3H3,(H,13,14). The molecule has 0 aromatic heterocycles. The zero-order valence-electron chi connectivity index (χ0n) is 8.42. The van der Waals surface area contributed by atoms with Gasteiger partial charge in [-0.1, -0.05) is 6.07 Å². The Labute approximate surface area is 82.4 Å². The lowest BCUT2D eigenvalue weighted by Crippen LogP contribution is -2.07. The van der Waals surface area contributed by atoms with Crippen LogP contribution in [0, 0.1) is 20.8 Å². The highest BCUT2D eigenvalue weighted by atomic mass is 16.4. The molecule has 3 nitrogen and oxygen atoms in total. The fraction of sp³-hybridized carbons (Fsp3) is 0.273. The third-order valence-electron chi connectivity index (χ3n) is 2.36. The van der Waals surface area contributed by atoms with E-state index in [1.165, 1.54) is 0 Å². The molecule has 14 heavy (non-hydrogen) atoms. The van der Waals surface area contributed by atoms with Crippen molar-refractivity contribution < 1.29 is 14.7 Å². The van der Waals surface area contributed by atoms with E-state index in [1.54, 1.807) is 26.8 Å². The summed E-state index contributed by atoms with van der Waals surface area (Å²) in [6.45, 7) is 5.20. The van der Waals surface area contributed by atoms with Crippen LogP contribution in [0.4, 0.5) is 0 Å². The molecule has 0 fully saturated rings. The maximum Gasteiger partial charge on any atom is 0.336 e. The SMILES string of the molecule is Cc1cc(C)c(C(=O)O)c(C)c1C=O. The Morgan fingerprint density at radius 3 is 2.29 bits per heavy atom. The van der Waals surface area contributed by atoms with E-state index in [4.69, 9.17) is 5.11 Å². The fourth-order valence-corrected chi connectivity index (χ4v) is 1.71. The molecular weight excluding hydrogens is 180 g/mol. The summed E-state index contributed by atoms with van der Waals surface area (Å²) in [7, 11) is 0. The van der Waals surface area contributed by atoms with Crippen molar-refractivity contribution in [1.29, 1.82) is 0 Å². The topological polar surface area (TPSA) is 54.4 Å². The number of benzene rings is 1. The first kappa shape index (κ1) is 10.4. The molecule has 3 heteroatoms. The smallest absolute Gasteiger partial charge is 0.336 e. The number of rotatable bonds is 2. The average molecular weight is 192 g/mol. The second kappa shape index (κ2) is 3.62. The van der Waals surface area contributed by atoms with Gasteiger partial charge in [0, 0.05) is 5.56 Å². The predicted molar refractivity (Wildman–Crippen MR) is 53.0 cm³/mol. The zero-order chi connectivity index (χ0) is 10.9. The zero-order valence-corrected chi connectivity index (χ0v) is 8.42. The minimum atomic E-state index is -0.983. The van der Waals surface area contributed by atoms with Gasteiger partial charge in [-0.2, -0.15) is 0 Å². The highest BCUT2D eigenvalue weighted by Crippen LogP contribution is 2.20. The molecule has 0 spiro atoms. The maximum atomic E-state index is 10.9. The summed E-state index contributed by atoms with van der Waals surface area (Å²) < 4.78 is 0. The van der Waals surface area contributed by atoms with Crippen LogP contribution in [0.15, 0.2) is 6.07 Å². The Hall–Kier alpha value is -1.64. The number of carboxylic acid groups (broad SMARTS) is 1. The van der Waals surface area contributed by atoms with Gasteiger partial charge in [0.25, 0.3) is 0 Å². The van der Waals surface area contributed by atoms with Crippen LogP contribution in [0.2, 0.25) is 0 Å². The maximum absolute atomic E-state index is 10.9. The first-order valence-electron chi connectivity index (χ1n) is 4.28. The fourth-order valence-electron chi connectivity index (χ4n) is 1.71. The molecule has 0 unspecified atom stereocenters. The molecule has 74 valence electrons. The molecule has 0 aliphatic heterocycles. The lowest BCUT2D eigenvalue weighted by molar-refractivity contribution is 0.0695. The van der Waals surface area contributed by atoms with Crippen molar-refractivity contribution in [3.63, 3.8) is 0 Å². The van der Waals surface area contributed by atoms with E-state index in [9.17, 15) is 9.59 Å². The van der Waals surface area contributed by atoms with Crippen LogP contribution in [0.3, 0.4) is 0 Å². The van der Waals surface area contributed by atoms with Crippen LogP contribution in [-0.2, 0) is 0 Å². The molecule has 0 aliphatic rings. The van der Waals surface area contributed by atoms with Gasteiger partial charge in [-0.15, -0.1) is 0 Å². The van der Waals surface area contributed by atoms with E-state index in [1.807, 2.05) is 0 Å². The summed E-state index contributed by atoms with van der Waals surface area (Å²) in [5.74, 6) is -0.983. The molecule has 1 rings (SSSR count). The average Bonchev–Trinajstić information content (AvgIpc) is 2.02. The molecule has 0 atom stereocenters. The molecule has 0 saturated heterocycles. The van der Waals surface area contributed by atoms with E-state index < -0.39 is 5.97 Å². The number of aryl methyl sites for hydroxylation is 2. The van der Waals surface area contributed by atoms with Crippen molar-refractivity contribution in [2.24, 2.45) is 0 Å². The monoisotopic (exact) mass is 192 g/mol. The van der Waals surface area contributed by atoms with Gasteiger partial charge in [0.2, 0.25) is 0 Å².